The van der Waals surface area contributed by atoms with Crippen LogP contribution >= 0.6 is 11.3 Å². The van der Waals surface area contributed by atoms with E-state index in [0.717, 1.165) is 27.9 Å². The molecule has 0 atom stereocenters. The third-order valence-corrected chi connectivity index (χ3v) is 7.98. The Kier molecular flexibility index (Phi) is 5.37. The zero-order valence-electron chi connectivity index (χ0n) is 15.8. The third kappa shape index (κ3) is 4.03. The number of thiazole rings is 1. The molecule has 1 fully saturated rings. The average Bonchev–Trinajstić information content (AvgIpc) is 3.12. The molecule has 0 aliphatic carbocycles. The Morgan fingerprint density at radius 2 is 1.86 bits per heavy atom. The summed E-state index contributed by atoms with van der Waals surface area (Å²) in [6, 6.07) is 10.7. The van der Waals surface area contributed by atoms with Gasteiger partial charge in [-0.3, -0.25) is 4.79 Å². The lowest BCUT2D eigenvalue weighted by atomic mass is 9.97. The van der Waals surface area contributed by atoms with Gasteiger partial charge in [0.25, 0.3) is 0 Å². The molecular formula is C20H20FN3O3S2. The predicted octanol–water partition coefficient (Wildman–Crippen LogP) is 3.78. The normalized spacial score (nSPS) is 16.2. The summed E-state index contributed by atoms with van der Waals surface area (Å²) in [5.74, 6) is -0.896. The fraction of sp³-hybridized carbons (Fsp3) is 0.300. The number of sulfonamides is 1. The highest BCUT2D eigenvalue weighted by Gasteiger charge is 2.32. The molecule has 1 aliphatic rings. The van der Waals surface area contributed by atoms with Crippen LogP contribution in [0.3, 0.4) is 0 Å². The molecule has 1 amide bonds. The van der Waals surface area contributed by atoms with Crippen LogP contribution in [0.25, 0.3) is 10.2 Å². The highest BCUT2D eigenvalue weighted by atomic mass is 32.2. The van der Waals surface area contributed by atoms with Crippen LogP contribution in [-0.4, -0.2) is 36.7 Å². The molecule has 1 N–H and O–H groups in total. The molecule has 2 heterocycles. The highest BCUT2D eigenvalue weighted by Crippen LogP contribution is 2.29. The molecule has 152 valence electrons. The van der Waals surface area contributed by atoms with E-state index in [-0.39, 0.29) is 29.8 Å². The molecule has 1 aromatic heterocycles. The first-order valence-corrected chi connectivity index (χ1v) is 11.5. The second kappa shape index (κ2) is 7.81. The fourth-order valence-electron chi connectivity index (χ4n) is 3.46. The van der Waals surface area contributed by atoms with Crippen molar-refractivity contribution in [2.75, 3.05) is 18.4 Å². The molecule has 9 heteroatoms. The smallest absolute Gasteiger partial charge is 0.243 e. The minimum atomic E-state index is -3.68. The number of carbonyl (C=O) groups is 1. The molecule has 29 heavy (non-hydrogen) atoms. The van der Waals surface area contributed by atoms with Gasteiger partial charge in [0, 0.05) is 19.0 Å². The van der Waals surface area contributed by atoms with Crippen molar-refractivity contribution in [1.82, 2.24) is 9.29 Å². The van der Waals surface area contributed by atoms with Crippen LogP contribution in [-0.2, 0) is 14.8 Å². The van der Waals surface area contributed by atoms with Crippen molar-refractivity contribution in [2.45, 2.75) is 24.7 Å². The van der Waals surface area contributed by atoms with Crippen molar-refractivity contribution >= 4 is 42.6 Å². The Morgan fingerprint density at radius 1 is 1.17 bits per heavy atom. The minimum Gasteiger partial charge on any atom is -0.302 e. The van der Waals surface area contributed by atoms with Gasteiger partial charge in [-0.2, -0.15) is 4.31 Å². The summed E-state index contributed by atoms with van der Waals surface area (Å²) in [4.78, 5) is 17.2. The van der Waals surface area contributed by atoms with E-state index in [1.54, 1.807) is 0 Å². The number of amides is 1. The lowest BCUT2D eigenvalue weighted by Crippen LogP contribution is -2.41. The number of fused-ring (bicyclic) bond motifs is 1. The van der Waals surface area contributed by atoms with Gasteiger partial charge in [0.15, 0.2) is 5.13 Å². The predicted molar refractivity (Wildman–Crippen MR) is 111 cm³/mol. The van der Waals surface area contributed by atoms with E-state index in [9.17, 15) is 17.6 Å². The van der Waals surface area contributed by atoms with Gasteiger partial charge in [-0.05, 0) is 55.7 Å². The number of aromatic nitrogens is 1. The summed E-state index contributed by atoms with van der Waals surface area (Å²) in [5, 5.41) is 3.43. The summed E-state index contributed by atoms with van der Waals surface area (Å²) in [6.45, 7) is 2.47. The zero-order chi connectivity index (χ0) is 20.6. The Hall–Kier alpha value is -2.36. The Morgan fingerprint density at radius 3 is 2.52 bits per heavy atom. The molecule has 3 aromatic rings. The number of rotatable bonds is 4. The van der Waals surface area contributed by atoms with Crippen LogP contribution < -0.4 is 5.32 Å². The average molecular weight is 434 g/mol. The molecule has 2 aromatic carbocycles. The van der Waals surface area contributed by atoms with E-state index < -0.39 is 15.8 Å². The number of para-hydroxylation sites is 1. The maximum absolute atomic E-state index is 13.1. The summed E-state index contributed by atoms with van der Waals surface area (Å²) >= 11 is 1.43. The summed E-state index contributed by atoms with van der Waals surface area (Å²) in [5.41, 5.74) is 1.94. The molecule has 0 bridgehead atoms. The van der Waals surface area contributed by atoms with Gasteiger partial charge in [0.2, 0.25) is 15.9 Å². The lowest BCUT2D eigenvalue weighted by Gasteiger charge is -2.30. The second-order valence-corrected chi connectivity index (χ2v) is 10.0. The van der Waals surface area contributed by atoms with E-state index in [1.165, 1.54) is 27.8 Å². The maximum Gasteiger partial charge on any atom is 0.243 e. The zero-order valence-corrected chi connectivity index (χ0v) is 17.4. The van der Waals surface area contributed by atoms with E-state index >= 15 is 0 Å². The highest BCUT2D eigenvalue weighted by molar-refractivity contribution is 7.89. The first kappa shape index (κ1) is 19.9. The lowest BCUT2D eigenvalue weighted by molar-refractivity contribution is -0.120. The Bertz CT molecular complexity index is 1150. The van der Waals surface area contributed by atoms with Crippen LogP contribution in [0.1, 0.15) is 18.4 Å². The number of benzene rings is 2. The van der Waals surface area contributed by atoms with E-state index in [0.29, 0.717) is 18.0 Å². The van der Waals surface area contributed by atoms with Gasteiger partial charge >= 0.3 is 0 Å². The fourth-order valence-corrected chi connectivity index (χ4v) is 5.88. The second-order valence-electron chi connectivity index (χ2n) is 7.06. The summed E-state index contributed by atoms with van der Waals surface area (Å²) < 4.78 is 40.8. The first-order chi connectivity index (χ1) is 13.8. The van der Waals surface area contributed by atoms with Gasteiger partial charge in [-0.1, -0.05) is 23.5 Å². The van der Waals surface area contributed by atoms with Gasteiger partial charge < -0.3 is 5.32 Å². The van der Waals surface area contributed by atoms with Crippen molar-refractivity contribution in [3.8, 4) is 0 Å². The monoisotopic (exact) mass is 433 g/mol. The molecule has 1 saturated heterocycles. The van der Waals surface area contributed by atoms with E-state index in [1.807, 2.05) is 25.1 Å². The summed E-state index contributed by atoms with van der Waals surface area (Å²) in [7, 11) is -3.68. The number of hydrogen-bond donors (Lipinski definition) is 1. The number of anilines is 1. The SMILES string of the molecule is Cc1cccc2sc(NC(=O)C3CCN(S(=O)(=O)c4ccc(F)cc4)CC3)nc12. The van der Waals surface area contributed by atoms with E-state index in [4.69, 9.17) is 0 Å². The number of hydrogen-bond acceptors (Lipinski definition) is 5. The summed E-state index contributed by atoms with van der Waals surface area (Å²) in [6.07, 6.45) is 0.854. The number of piperidine rings is 1. The largest absolute Gasteiger partial charge is 0.302 e. The van der Waals surface area contributed by atoms with Gasteiger partial charge in [-0.25, -0.2) is 17.8 Å². The Balaban J connectivity index is 1.40. The van der Waals surface area contributed by atoms with Gasteiger partial charge in [0.05, 0.1) is 15.1 Å². The molecule has 1 aliphatic heterocycles. The van der Waals surface area contributed by atoms with Crippen molar-refractivity contribution < 1.29 is 17.6 Å². The molecule has 0 radical (unpaired) electrons. The number of nitrogens with one attached hydrogen (secondary N) is 1. The molecule has 6 nitrogen and oxygen atoms in total. The molecule has 0 unspecified atom stereocenters. The molecular weight excluding hydrogens is 413 g/mol. The van der Waals surface area contributed by atoms with Gasteiger partial charge in [0.1, 0.15) is 5.82 Å². The number of carbonyl (C=O) groups excluding carboxylic acids is 1. The van der Waals surface area contributed by atoms with Crippen molar-refractivity contribution in [3.05, 3.63) is 53.8 Å². The van der Waals surface area contributed by atoms with Crippen LogP contribution in [0.4, 0.5) is 9.52 Å². The number of nitrogens with zero attached hydrogens (tertiary/aromatic N) is 2. The maximum atomic E-state index is 13.1. The molecule has 0 spiro atoms. The molecule has 0 saturated carbocycles. The molecule has 4 rings (SSSR count). The topological polar surface area (TPSA) is 79.4 Å². The Labute approximate surface area is 172 Å². The van der Waals surface area contributed by atoms with Crippen molar-refractivity contribution in [3.63, 3.8) is 0 Å². The van der Waals surface area contributed by atoms with E-state index in [2.05, 4.69) is 10.3 Å². The van der Waals surface area contributed by atoms with Crippen LogP contribution in [0.15, 0.2) is 47.4 Å². The quantitative estimate of drug-likeness (QED) is 0.679. The van der Waals surface area contributed by atoms with Crippen molar-refractivity contribution in [2.24, 2.45) is 5.92 Å². The third-order valence-electron chi connectivity index (χ3n) is 5.13. The van der Waals surface area contributed by atoms with Crippen molar-refractivity contribution in [1.29, 1.82) is 0 Å². The first-order valence-electron chi connectivity index (χ1n) is 9.27. The number of halogens is 1. The van der Waals surface area contributed by atoms with Crippen LogP contribution in [0, 0.1) is 18.7 Å². The van der Waals surface area contributed by atoms with Crippen LogP contribution in [0.2, 0.25) is 0 Å². The number of aryl methyl sites for hydroxylation is 1. The minimum absolute atomic E-state index is 0.0617. The van der Waals surface area contributed by atoms with Gasteiger partial charge in [-0.15, -0.1) is 0 Å². The van der Waals surface area contributed by atoms with Crippen LogP contribution in [0.5, 0.6) is 0 Å². The standard InChI is InChI=1S/C20H20FN3O3S2/c1-13-3-2-4-17-18(13)22-20(28-17)23-19(25)14-9-11-24(12-10-14)29(26,27)16-7-5-15(21)6-8-16/h2-8,14H,9-12H2,1H3,(H,22,23,25).